The quantitative estimate of drug-likeness (QED) is 0.601. The zero-order chi connectivity index (χ0) is 17.9. The van der Waals surface area contributed by atoms with Gasteiger partial charge < -0.3 is 15.8 Å². The lowest BCUT2D eigenvalue weighted by atomic mass is 10.2. The minimum atomic E-state index is -1.04. The molecular weight excluding hydrogens is 375 g/mol. The van der Waals surface area contributed by atoms with E-state index < -0.39 is 18.0 Å². The molecule has 8 heteroatoms. The Hall–Kier alpha value is -1.95. The van der Waals surface area contributed by atoms with E-state index in [4.69, 9.17) is 45.3 Å². The van der Waals surface area contributed by atoms with Gasteiger partial charge in [-0.05, 0) is 43.3 Å². The molecule has 3 N–H and O–H groups in total. The highest BCUT2D eigenvalue weighted by atomic mass is 35.5. The van der Waals surface area contributed by atoms with Gasteiger partial charge >= 0.3 is 5.97 Å². The zero-order valence-corrected chi connectivity index (χ0v) is 14.7. The van der Waals surface area contributed by atoms with E-state index in [-0.39, 0.29) is 11.3 Å². The van der Waals surface area contributed by atoms with Gasteiger partial charge in [0.2, 0.25) is 0 Å². The van der Waals surface area contributed by atoms with Gasteiger partial charge in [0, 0.05) is 15.7 Å². The molecule has 24 heavy (non-hydrogen) atoms. The molecule has 0 aliphatic heterocycles. The average molecular weight is 388 g/mol. The van der Waals surface area contributed by atoms with Crippen molar-refractivity contribution in [1.29, 1.82) is 0 Å². The normalized spacial score (nSPS) is 11.7. The second-order valence-corrected chi connectivity index (χ2v) is 6.21. The average Bonchev–Trinajstić information content (AvgIpc) is 2.48. The van der Waals surface area contributed by atoms with Crippen LogP contribution >= 0.6 is 34.8 Å². The number of hydrogen-bond donors (Lipinski definition) is 2. The minimum absolute atomic E-state index is 0.197. The molecule has 0 saturated heterocycles. The number of nitrogens with one attached hydrogen (secondary N) is 1. The highest BCUT2D eigenvalue weighted by Crippen LogP contribution is 2.23. The Bertz CT molecular complexity index is 776. The van der Waals surface area contributed by atoms with E-state index >= 15 is 0 Å². The smallest absolute Gasteiger partial charge is 0.338 e. The Morgan fingerprint density at radius 2 is 1.71 bits per heavy atom. The molecule has 1 atom stereocenters. The van der Waals surface area contributed by atoms with Crippen molar-refractivity contribution in [2.24, 2.45) is 0 Å². The summed E-state index contributed by atoms with van der Waals surface area (Å²) in [5.74, 6) is -1.21. The maximum absolute atomic E-state index is 12.1. The molecule has 2 rings (SSSR count). The number of halogens is 3. The maximum atomic E-state index is 12.1. The summed E-state index contributed by atoms with van der Waals surface area (Å²) >= 11 is 17.5. The van der Waals surface area contributed by atoms with Crippen LogP contribution in [0, 0.1) is 0 Å². The van der Waals surface area contributed by atoms with Gasteiger partial charge in [-0.25, -0.2) is 4.79 Å². The highest BCUT2D eigenvalue weighted by Gasteiger charge is 2.19. The van der Waals surface area contributed by atoms with Crippen LogP contribution in [-0.4, -0.2) is 18.0 Å². The number of benzene rings is 2. The number of ether oxygens (including phenoxy) is 1. The Morgan fingerprint density at radius 3 is 2.29 bits per heavy atom. The number of carbonyl (C=O) groups excluding carboxylic acids is 2. The SMILES string of the molecule is CC(OC(=O)c1ccc(Cl)c(N)c1)C(=O)Nc1cc(Cl)cc(Cl)c1. The summed E-state index contributed by atoms with van der Waals surface area (Å²) in [4.78, 5) is 24.1. The summed E-state index contributed by atoms with van der Waals surface area (Å²) in [7, 11) is 0. The van der Waals surface area contributed by atoms with Gasteiger partial charge in [-0.15, -0.1) is 0 Å². The van der Waals surface area contributed by atoms with Crippen LogP contribution in [0.1, 0.15) is 17.3 Å². The van der Waals surface area contributed by atoms with Gasteiger partial charge in [0.25, 0.3) is 5.91 Å². The lowest BCUT2D eigenvalue weighted by Gasteiger charge is -2.14. The number of carbonyl (C=O) groups is 2. The molecule has 5 nitrogen and oxygen atoms in total. The largest absolute Gasteiger partial charge is 0.449 e. The van der Waals surface area contributed by atoms with Crippen LogP contribution in [0.2, 0.25) is 15.1 Å². The van der Waals surface area contributed by atoms with Crippen LogP contribution in [0.4, 0.5) is 11.4 Å². The van der Waals surface area contributed by atoms with Gasteiger partial charge in [-0.3, -0.25) is 4.79 Å². The van der Waals surface area contributed by atoms with Crippen molar-refractivity contribution >= 4 is 58.1 Å². The van der Waals surface area contributed by atoms with Crippen molar-refractivity contribution in [2.45, 2.75) is 13.0 Å². The molecule has 1 unspecified atom stereocenters. The van der Waals surface area contributed by atoms with E-state index in [9.17, 15) is 9.59 Å². The van der Waals surface area contributed by atoms with E-state index in [0.29, 0.717) is 20.8 Å². The fraction of sp³-hybridized carbons (Fsp3) is 0.125. The molecule has 0 saturated carbocycles. The zero-order valence-electron chi connectivity index (χ0n) is 12.5. The van der Waals surface area contributed by atoms with Crippen molar-refractivity contribution in [3.05, 3.63) is 57.0 Å². The number of rotatable bonds is 4. The monoisotopic (exact) mass is 386 g/mol. The molecule has 0 aliphatic rings. The maximum Gasteiger partial charge on any atom is 0.338 e. The van der Waals surface area contributed by atoms with Crippen LogP contribution in [0.25, 0.3) is 0 Å². The lowest BCUT2D eigenvalue weighted by molar-refractivity contribution is -0.123. The summed E-state index contributed by atoms with van der Waals surface area (Å²) in [6, 6.07) is 8.91. The number of anilines is 2. The number of nitrogen functional groups attached to an aromatic ring is 1. The molecule has 0 aromatic heterocycles. The molecule has 0 heterocycles. The Kier molecular flexibility index (Phi) is 5.94. The van der Waals surface area contributed by atoms with Crippen LogP contribution in [-0.2, 0) is 9.53 Å². The summed E-state index contributed by atoms with van der Waals surface area (Å²) in [5, 5.41) is 3.65. The first kappa shape index (κ1) is 18.4. The minimum Gasteiger partial charge on any atom is -0.449 e. The van der Waals surface area contributed by atoms with Crippen LogP contribution in [0.5, 0.6) is 0 Å². The second-order valence-electron chi connectivity index (χ2n) is 4.93. The van der Waals surface area contributed by atoms with Crippen molar-refractivity contribution in [1.82, 2.24) is 0 Å². The Morgan fingerprint density at radius 1 is 1.08 bits per heavy atom. The molecule has 0 fully saturated rings. The first-order valence-electron chi connectivity index (χ1n) is 6.79. The van der Waals surface area contributed by atoms with Crippen LogP contribution < -0.4 is 11.1 Å². The van der Waals surface area contributed by atoms with Crippen molar-refractivity contribution < 1.29 is 14.3 Å². The first-order valence-corrected chi connectivity index (χ1v) is 7.92. The topological polar surface area (TPSA) is 81.4 Å². The third kappa shape index (κ3) is 4.77. The molecule has 1 amide bonds. The molecule has 126 valence electrons. The van der Waals surface area contributed by atoms with Crippen molar-refractivity contribution in [3.63, 3.8) is 0 Å². The van der Waals surface area contributed by atoms with Gasteiger partial charge in [0.15, 0.2) is 6.10 Å². The standard InChI is InChI=1S/C16H13Cl3N2O3/c1-8(15(22)21-12-6-10(17)5-11(18)7-12)24-16(23)9-2-3-13(19)14(20)4-9/h2-8H,20H2,1H3,(H,21,22). The number of nitrogens with two attached hydrogens (primary N) is 1. The van der Waals surface area contributed by atoms with Gasteiger partial charge in [0.05, 0.1) is 16.3 Å². The summed E-state index contributed by atoms with van der Waals surface area (Å²) in [6.07, 6.45) is -1.04. The molecule has 0 radical (unpaired) electrons. The summed E-state index contributed by atoms with van der Waals surface area (Å²) < 4.78 is 5.11. The van der Waals surface area contributed by atoms with Gasteiger partial charge in [-0.1, -0.05) is 34.8 Å². The number of amides is 1. The summed E-state index contributed by atoms with van der Waals surface area (Å²) in [6.45, 7) is 1.44. The fourth-order valence-electron chi connectivity index (χ4n) is 1.82. The Labute approximate surface area is 153 Å². The molecule has 0 spiro atoms. The highest BCUT2D eigenvalue weighted by molar-refractivity contribution is 6.35. The second kappa shape index (κ2) is 7.75. The van der Waals surface area contributed by atoms with E-state index in [1.54, 1.807) is 0 Å². The predicted molar refractivity (Wildman–Crippen MR) is 95.8 cm³/mol. The first-order chi connectivity index (χ1) is 11.3. The lowest BCUT2D eigenvalue weighted by Crippen LogP contribution is -2.30. The molecule has 2 aromatic carbocycles. The predicted octanol–water partition coefficient (Wildman–Crippen LogP) is 4.41. The van der Waals surface area contributed by atoms with Gasteiger partial charge in [0.1, 0.15) is 0 Å². The third-order valence-corrected chi connectivity index (χ3v) is 3.80. The van der Waals surface area contributed by atoms with Gasteiger partial charge in [-0.2, -0.15) is 0 Å². The summed E-state index contributed by atoms with van der Waals surface area (Å²) in [5.41, 5.74) is 6.48. The van der Waals surface area contributed by atoms with E-state index in [1.807, 2.05) is 0 Å². The molecule has 0 bridgehead atoms. The fourth-order valence-corrected chi connectivity index (χ4v) is 2.47. The van der Waals surface area contributed by atoms with Crippen LogP contribution in [0.15, 0.2) is 36.4 Å². The van der Waals surface area contributed by atoms with E-state index in [0.717, 1.165) is 0 Å². The Balaban J connectivity index is 2.02. The molecular formula is C16H13Cl3N2O3. The van der Waals surface area contributed by atoms with Crippen molar-refractivity contribution in [3.8, 4) is 0 Å². The number of hydrogen-bond acceptors (Lipinski definition) is 4. The molecule has 2 aromatic rings. The molecule has 0 aliphatic carbocycles. The third-order valence-electron chi connectivity index (χ3n) is 3.01. The van der Waals surface area contributed by atoms with Crippen LogP contribution in [0.3, 0.4) is 0 Å². The van der Waals surface area contributed by atoms with E-state index in [1.165, 1.54) is 43.3 Å². The van der Waals surface area contributed by atoms with Crippen molar-refractivity contribution in [2.75, 3.05) is 11.1 Å². The number of esters is 1. The van der Waals surface area contributed by atoms with E-state index in [2.05, 4.69) is 5.32 Å².